The third-order valence-electron chi connectivity index (χ3n) is 4.39. The maximum Gasteiger partial charge on any atom is 0.330 e. The number of aromatic amines is 1. The van der Waals surface area contributed by atoms with E-state index in [4.69, 9.17) is 9.16 Å². The first-order chi connectivity index (χ1) is 10.5. The van der Waals surface area contributed by atoms with Gasteiger partial charge in [0.2, 0.25) is 0 Å². The summed E-state index contributed by atoms with van der Waals surface area (Å²) in [6.45, 7) is 15.8. The Labute approximate surface area is 139 Å². The van der Waals surface area contributed by atoms with Crippen molar-refractivity contribution in [1.82, 2.24) is 9.55 Å². The molecule has 0 spiro atoms. The van der Waals surface area contributed by atoms with Crippen molar-refractivity contribution in [3.05, 3.63) is 32.6 Å². The molecule has 0 saturated carbocycles. The van der Waals surface area contributed by atoms with Crippen LogP contribution in [-0.2, 0) is 15.9 Å². The van der Waals surface area contributed by atoms with Gasteiger partial charge in [-0.05, 0) is 24.1 Å². The summed E-state index contributed by atoms with van der Waals surface area (Å²) in [5.41, 5.74) is -0.210. The topological polar surface area (TPSA) is 73.3 Å². The second-order valence-corrected chi connectivity index (χ2v) is 12.4. The number of aromatic nitrogens is 2. The highest BCUT2D eigenvalue weighted by atomic mass is 28.4. The molecule has 6 nitrogen and oxygen atoms in total. The zero-order valence-corrected chi connectivity index (χ0v) is 16.4. The Hall–Kier alpha value is -1.18. The zero-order chi connectivity index (χ0) is 17.8. The molecule has 23 heavy (non-hydrogen) atoms. The summed E-state index contributed by atoms with van der Waals surface area (Å²) in [6, 6.07) is 0. The number of H-pyrrole nitrogens is 1. The molecular weight excluding hydrogens is 312 g/mol. The molecule has 1 aromatic rings. The van der Waals surface area contributed by atoms with Crippen LogP contribution in [0, 0.1) is 0 Å². The minimum atomic E-state index is -1.77. The van der Waals surface area contributed by atoms with Gasteiger partial charge in [-0.2, -0.15) is 0 Å². The minimum absolute atomic E-state index is 0.0486. The molecule has 0 aliphatic carbocycles. The van der Waals surface area contributed by atoms with E-state index in [0.717, 1.165) is 0 Å². The van der Waals surface area contributed by atoms with E-state index in [1.54, 1.807) is 6.20 Å². The number of rotatable bonds is 7. The quantitative estimate of drug-likeness (QED) is 0.611. The number of ether oxygens (including phenoxy) is 1. The van der Waals surface area contributed by atoms with Crippen LogP contribution in [0.5, 0.6) is 0 Å². The third kappa shape index (κ3) is 5.44. The zero-order valence-electron chi connectivity index (χ0n) is 15.4. The van der Waals surface area contributed by atoms with Crippen molar-refractivity contribution in [2.24, 2.45) is 0 Å². The molecule has 0 amide bonds. The van der Waals surface area contributed by atoms with Gasteiger partial charge >= 0.3 is 5.69 Å². The average Bonchev–Trinajstić information content (AvgIpc) is 2.38. The Morgan fingerprint density at radius 1 is 1.22 bits per heavy atom. The SMILES string of the molecule is CC(C)c1cn(COCCO[Si](C)(C)C(C)(C)C)c(=O)[nH]c1=O. The predicted octanol–water partition coefficient (Wildman–Crippen LogP) is 2.66. The molecule has 0 aliphatic heterocycles. The Morgan fingerprint density at radius 3 is 2.35 bits per heavy atom. The van der Waals surface area contributed by atoms with Crippen LogP contribution in [0.25, 0.3) is 0 Å². The maximum atomic E-state index is 11.8. The molecule has 132 valence electrons. The first-order valence-corrected chi connectivity index (χ1v) is 10.9. The molecular formula is C16H30N2O4Si. The number of nitrogens with one attached hydrogen (secondary N) is 1. The van der Waals surface area contributed by atoms with Crippen LogP contribution in [0.3, 0.4) is 0 Å². The molecule has 7 heteroatoms. The molecule has 0 bridgehead atoms. The van der Waals surface area contributed by atoms with Crippen LogP contribution < -0.4 is 11.2 Å². The molecule has 0 radical (unpaired) electrons. The fourth-order valence-electron chi connectivity index (χ4n) is 1.77. The van der Waals surface area contributed by atoms with Crippen LogP contribution in [0.1, 0.15) is 46.1 Å². The van der Waals surface area contributed by atoms with E-state index in [1.807, 2.05) is 13.8 Å². The van der Waals surface area contributed by atoms with Gasteiger partial charge in [0.15, 0.2) is 8.32 Å². The number of nitrogens with zero attached hydrogens (tertiary/aromatic N) is 1. The highest BCUT2D eigenvalue weighted by Gasteiger charge is 2.36. The van der Waals surface area contributed by atoms with Crippen molar-refractivity contribution in [2.75, 3.05) is 13.2 Å². The van der Waals surface area contributed by atoms with E-state index in [-0.39, 0.29) is 23.2 Å². The van der Waals surface area contributed by atoms with Gasteiger partial charge in [-0.1, -0.05) is 34.6 Å². The number of hydrogen-bond donors (Lipinski definition) is 1. The first-order valence-electron chi connectivity index (χ1n) is 8.01. The lowest BCUT2D eigenvalue weighted by molar-refractivity contribution is 0.0480. The lowest BCUT2D eigenvalue weighted by Crippen LogP contribution is -2.41. The van der Waals surface area contributed by atoms with E-state index in [9.17, 15) is 9.59 Å². The summed E-state index contributed by atoms with van der Waals surface area (Å²) in [7, 11) is -1.77. The summed E-state index contributed by atoms with van der Waals surface area (Å²) < 4.78 is 12.9. The van der Waals surface area contributed by atoms with Crippen LogP contribution in [-0.4, -0.2) is 31.1 Å². The Morgan fingerprint density at radius 2 is 1.83 bits per heavy atom. The summed E-state index contributed by atoms with van der Waals surface area (Å²) in [5.74, 6) is 0.0486. The largest absolute Gasteiger partial charge is 0.414 e. The molecule has 0 aromatic carbocycles. The van der Waals surface area contributed by atoms with Crippen molar-refractivity contribution in [1.29, 1.82) is 0 Å². The lowest BCUT2D eigenvalue weighted by atomic mass is 10.1. The molecule has 0 saturated heterocycles. The van der Waals surface area contributed by atoms with Crippen molar-refractivity contribution >= 4 is 8.32 Å². The Balaban J connectivity index is 2.56. The number of hydrogen-bond acceptors (Lipinski definition) is 4. The maximum absolute atomic E-state index is 11.8. The lowest BCUT2D eigenvalue weighted by Gasteiger charge is -2.36. The van der Waals surface area contributed by atoms with Crippen molar-refractivity contribution in [3.8, 4) is 0 Å². The van der Waals surface area contributed by atoms with Crippen LogP contribution >= 0.6 is 0 Å². The van der Waals surface area contributed by atoms with Gasteiger partial charge in [0.1, 0.15) is 6.73 Å². The molecule has 0 unspecified atom stereocenters. The van der Waals surface area contributed by atoms with Gasteiger partial charge < -0.3 is 9.16 Å². The summed E-state index contributed by atoms with van der Waals surface area (Å²) in [5, 5.41) is 0.162. The third-order valence-corrected chi connectivity index (χ3v) is 8.93. The molecule has 1 N–H and O–H groups in total. The average molecular weight is 343 g/mol. The van der Waals surface area contributed by atoms with Crippen LogP contribution in [0.15, 0.2) is 15.8 Å². The predicted molar refractivity (Wildman–Crippen MR) is 94.5 cm³/mol. The minimum Gasteiger partial charge on any atom is -0.414 e. The summed E-state index contributed by atoms with van der Waals surface area (Å²) in [6.07, 6.45) is 1.57. The van der Waals surface area contributed by atoms with Crippen molar-refractivity contribution < 1.29 is 9.16 Å². The second-order valence-electron chi connectivity index (χ2n) is 7.61. The standard InChI is InChI=1S/C16H30N2O4Si/c1-12(2)13-10-18(15(20)17-14(13)19)11-21-8-9-22-23(6,7)16(3,4)5/h10,12H,8-9,11H2,1-7H3,(H,17,19,20). The fraction of sp³-hybridized carbons (Fsp3) is 0.750. The van der Waals surface area contributed by atoms with Crippen LogP contribution in [0.2, 0.25) is 18.1 Å². The van der Waals surface area contributed by atoms with E-state index in [2.05, 4.69) is 38.8 Å². The van der Waals surface area contributed by atoms with Gasteiger partial charge in [0.25, 0.3) is 5.56 Å². The van der Waals surface area contributed by atoms with Gasteiger partial charge in [-0.3, -0.25) is 14.3 Å². The normalized spacial score (nSPS) is 12.9. The van der Waals surface area contributed by atoms with Gasteiger partial charge in [0.05, 0.1) is 13.2 Å². The molecule has 1 heterocycles. The van der Waals surface area contributed by atoms with E-state index in [1.165, 1.54) is 4.57 Å². The highest BCUT2D eigenvalue weighted by molar-refractivity contribution is 6.74. The van der Waals surface area contributed by atoms with Crippen LogP contribution in [0.4, 0.5) is 0 Å². The van der Waals surface area contributed by atoms with E-state index in [0.29, 0.717) is 18.8 Å². The monoisotopic (exact) mass is 342 g/mol. The summed E-state index contributed by atoms with van der Waals surface area (Å²) >= 11 is 0. The first kappa shape index (κ1) is 19.9. The Kier molecular flexibility index (Phi) is 6.56. The van der Waals surface area contributed by atoms with Crippen molar-refractivity contribution in [2.45, 2.75) is 65.4 Å². The van der Waals surface area contributed by atoms with E-state index < -0.39 is 14.0 Å². The molecule has 1 aromatic heterocycles. The van der Waals surface area contributed by atoms with E-state index >= 15 is 0 Å². The molecule has 0 fully saturated rings. The molecule has 0 aliphatic rings. The smallest absolute Gasteiger partial charge is 0.330 e. The summed E-state index contributed by atoms with van der Waals surface area (Å²) in [4.78, 5) is 25.8. The van der Waals surface area contributed by atoms with Gasteiger partial charge in [0, 0.05) is 11.8 Å². The van der Waals surface area contributed by atoms with Gasteiger partial charge in [-0.25, -0.2) is 4.79 Å². The molecule has 0 atom stereocenters. The highest BCUT2D eigenvalue weighted by Crippen LogP contribution is 2.36. The van der Waals surface area contributed by atoms with Crippen molar-refractivity contribution in [3.63, 3.8) is 0 Å². The Bertz CT molecular complexity index is 626. The van der Waals surface area contributed by atoms with Gasteiger partial charge in [-0.15, -0.1) is 0 Å². The second kappa shape index (κ2) is 7.59. The molecule has 1 rings (SSSR count). The fourth-order valence-corrected chi connectivity index (χ4v) is 2.80.